The summed E-state index contributed by atoms with van der Waals surface area (Å²) in [5, 5.41) is 11.2. The lowest BCUT2D eigenvalue weighted by Gasteiger charge is -2.10. The summed E-state index contributed by atoms with van der Waals surface area (Å²) in [6, 6.07) is 0.606. The van der Waals surface area contributed by atoms with E-state index in [4.69, 9.17) is 0 Å². The molecule has 20 heavy (non-hydrogen) atoms. The SMILES string of the molecule is CCNC(=NCCc1c(C)nn(C)c1C)NC1CC1C. The molecule has 5 heteroatoms. The van der Waals surface area contributed by atoms with E-state index < -0.39 is 0 Å². The fourth-order valence-electron chi connectivity index (χ4n) is 2.48. The molecule has 0 amide bonds. The minimum absolute atomic E-state index is 0.606. The van der Waals surface area contributed by atoms with Crippen molar-refractivity contribution in [3.05, 3.63) is 17.0 Å². The van der Waals surface area contributed by atoms with Crippen molar-refractivity contribution in [2.75, 3.05) is 13.1 Å². The van der Waals surface area contributed by atoms with Gasteiger partial charge in [0, 0.05) is 31.9 Å². The second kappa shape index (κ2) is 6.29. The van der Waals surface area contributed by atoms with Crippen molar-refractivity contribution in [1.29, 1.82) is 0 Å². The van der Waals surface area contributed by atoms with E-state index in [0.29, 0.717) is 6.04 Å². The van der Waals surface area contributed by atoms with E-state index in [2.05, 4.69) is 48.4 Å². The van der Waals surface area contributed by atoms with E-state index in [9.17, 15) is 0 Å². The minimum atomic E-state index is 0.606. The molecule has 0 saturated heterocycles. The van der Waals surface area contributed by atoms with Gasteiger partial charge < -0.3 is 10.6 Å². The van der Waals surface area contributed by atoms with E-state index in [1.807, 2.05) is 11.7 Å². The molecule has 1 fully saturated rings. The fourth-order valence-corrected chi connectivity index (χ4v) is 2.48. The molecule has 1 saturated carbocycles. The summed E-state index contributed by atoms with van der Waals surface area (Å²) in [5.41, 5.74) is 3.69. The van der Waals surface area contributed by atoms with Gasteiger partial charge in [0.15, 0.2) is 5.96 Å². The average molecular weight is 277 g/mol. The molecule has 0 aliphatic heterocycles. The van der Waals surface area contributed by atoms with Gasteiger partial charge >= 0.3 is 0 Å². The second-order valence-corrected chi connectivity index (χ2v) is 5.75. The van der Waals surface area contributed by atoms with Crippen molar-refractivity contribution < 1.29 is 0 Å². The van der Waals surface area contributed by atoms with Crippen LogP contribution in [-0.2, 0) is 13.5 Å². The first-order valence-electron chi connectivity index (χ1n) is 7.56. The highest BCUT2D eigenvalue weighted by atomic mass is 15.3. The number of aryl methyl sites for hydroxylation is 2. The number of hydrogen-bond donors (Lipinski definition) is 2. The van der Waals surface area contributed by atoms with E-state index >= 15 is 0 Å². The minimum Gasteiger partial charge on any atom is -0.357 e. The van der Waals surface area contributed by atoms with Crippen LogP contribution in [0.4, 0.5) is 0 Å². The molecule has 0 radical (unpaired) electrons. The molecular formula is C15H27N5. The normalized spacial score (nSPS) is 21.9. The third-order valence-corrected chi connectivity index (χ3v) is 4.07. The highest BCUT2D eigenvalue weighted by molar-refractivity contribution is 5.80. The van der Waals surface area contributed by atoms with Crippen LogP contribution in [0.2, 0.25) is 0 Å². The quantitative estimate of drug-likeness (QED) is 0.634. The molecule has 1 heterocycles. The number of guanidine groups is 1. The first-order chi connectivity index (χ1) is 9.52. The topological polar surface area (TPSA) is 54.2 Å². The van der Waals surface area contributed by atoms with E-state index in [1.165, 1.54) is 17.7 Å². The lowest BCUT2D eigenvalue weighted by Crippen LogP contribution is -2.39. The molecule has 1 aromatic rings. The summed E-state index contributed by atoms with van der Waals surface area (Å²) in [4.78, 5) is 4.67. The van der Waals surface area contributed by atoms with Crippen LogP contribution in [0.25, 0.3) is 0 Å². The standard InChI is InChI=1S/C15H27N5/c1-6-16-15(18-14-9-10(14)2)17-8-7-13-11(3)19-20(5)12(13)4/h10,14H,6-9H2,1-5H3,(H2,16,17,18). The van der Waals surface area contributed by atoms with E-state index in [-0.39, 0.29) is 0 Å². The van der Waals surface area contributed by atoms with Crippen LogP contribution in [0.5, 0.6) is 0 Å². The summed E-state index contributed by atoms with van der Waals surface area (Å²) in [5.74, 6) is 1.72. The molecule has 1 aliphatic carbocycles. The van der Waals surface area contributed by atoms with Gasteiger partial charge in [0.1, 0.15) is 0 Å². The predicted octanol–water partition coefficient (Wildman–Crippen LogP) is 1.54. The first kappa shape index (κ1) is 14.9. The molecule has 2 unspecified atom stereocenters. The van der Waals surface area contributed by atoms with Crippen LogP contribution in [0.3, 0.4) is 0 Å². The van der Waals surface area contributed by atoms with Gasteiger partial charge in [0.2, 0.25) is 0 Å². The van der Waals surface area contributed by atoms with Gasteiger partial charge in [-0.25, -0.2) is 0 Å². The summed E-state index contributed by atoms with van der Waals surface area (Å²) >= 11 is 0. The summed E-state index contributed by atoms with van der Waals surface area (Å²) in [7, 11) is 2.00. The van der Waals surface area contributed by atoms with Gasteiger partial charge in [-0.3, -0.25) is 9.67 Å². The van der Waals surface area contributed by atoms with E-state index in [1.54, 1.807) is 0 Å². The van der Waals surface area contributed by atoms with Crippen LogP contribution in [0.15, 0.2) is 4.99 Å². The Morgan fingerprint density at radius 1 is 1.45 bits per heavy atom. The van der Waals surface area contributed by atoms with Crippen LogP contribution in [-0.4, -0.2) is 34.9 Å². The summed E-state index contributed by atoms with van der Waals surface area (Å²) < 4.78 is 1.95. The maximum Gasteiger partial charge on any atom is 0.191 e. The van der Waals surface area contributed by atoms with Gasteiger partial charge in [0.05, 0.1) is 5.69 Å². The van der Waals surface area contributed by atoms with Crippen molar-refractivity contribution in [2.45, 2.75) is 46.6 Å². The van der Waals surface area contributed by atoms with Gasteiger partial charge in [-0.05, 0) is 45.1 Å². The van der Waals surface area contributed by atoms with Crippen molar-refractivity contribution in [2.24, 2.45) is 18.0 Å². The lowest BCUT2D eigenvalue weighted by atomic mass is 10.1. The highest BCUT2D eigenvalue weighted by Gasteiger charge is 2.33. The van der Waals surface area contributed by atoms with Gasteiger partial charge in [-0.1, -0.05) is 6.92 Å². The molecular weight excluding hydrogens is 250 g/mol. The molecule has 1 aliphatic rings. The lowest BCUT2D eigenvalue weighted by molar-refractivity contribution is 0.729. The number of rotatable bonds is 5. The smallest absolute Gasteiger partial charge is 0.191 e. The molecule has 0 bridgehead atoms. The number of aromatic nitrogens is 2. The Bertz CT molecular complexity index is 489. The van der Waals surface area contributed by atoms with Crippen LogP contribution >= 0.6 is 0 Å². The van der Waals surface area contributed by atoms with Crippen molar-refractivity contribution in [3.63, 3.8) is 0 Å². The molecule has 5 nitrogen and oxygen atoms in total. The molecule has 2 rings (SSSR count). The number of aliphatic imine (C=N–C) groups is 1. The molecule has 0 spiro atoms. The Morgan fingerprint density at radius 3 is 2.65 bits per heavy atom. The van der Waals surface area contributed by atoms with Gasteiger partial charge in [0.25, 0.3) is 0 Å². The second-order valence-electron chi connectivity index (χ2n) is 5.75. The van der Waals surface area contributed by atoms with Crippen molar-refractivity contribution in [1.82, 2.24) is 20.4 Å². The van der Waals surface area contributed by atoms with Gasteiger partial charge in [-0.15, -0.1) is 0 Å². The number of nitrogens with one attached hydrogen (secondary N) is 2. The predicted molar refractivity (Wildman–Crippen MR) is 83.1 cm³/mol. The Morgan fingerprint density at radius 2 is 2.15 bits per heavy atom. The van der Waals surface area contributed by atoms with Crippen molar-refractivity contribution in [3.8, 4) is 0 Å². The van der Waals surface area contributed by atoms with Crippen LogP contribution in [0, 0.1) is 19.8 Å². The largest absolute Gasteiger partial charge is 0.357 e. The average Bonchev–Trinajstić information content (AvgIpc) is 3.02. The number of hydrogen-bond acceptors (Lipinski definition) is 2. The molecule has 2 atom stereocenters. The van der Waals surface area contributed by atoms with Crippen molar-refractivity contribution >= 4 is 5.96 Å². The maximum atomic E-state index is 4.67. The van der Waals surface area contributed by atoms with E-state index in [0.717, 1.165) is 37.1 Å². The third-order valence-electron chi connectivity index (χ3n) is 4.07. The summed E-state index contributed by atoms with van der Waals surface area (Å²) in [6.07, 6.45) is 2.20. The Hall–Kier alpha value is -1.52. The zero-order chi connectivity index (χ0) is 14.7. The zero-order valence-electron chi connectivity index (χ0n) is 13.3. The molecule has 2 N–H and O–H groups in total. The Kier molecular flexibility index (Phi) is 4.68. The molecule has 0 aromatic carbocycles. The Labute approximate surface area is 121 Å². The Balaban J connectivity index is 1.92. The molecule has 112 valence electrons. The highest BCUT2D eigenvalue weighted by Crippen LogP contribution is 2.28. The monoisotopic (exact) mass is 277 g/mol. The molecule has 1 aromatic heterocycles. The summed E-state index contributed by atoms with van der Waals surface area (Å²) in [6.45, 7) is 10.3. The van der Waals surface area contributed by atoms with Crippen LogP contribution < -0.4 is 10.6 Å². The van der Waals surface area contributed by atoms with Gasteiger partial charge in [-0.2, -0.15) is 5.10 Å². The fraction of sp³-hybridized carbons (Fsp3) is 0.733. The van der Waals surface area contributed by atoms with Crippen LogP contribution in [0.1, 0.15) is 37.2 Å². The third kappa shape index (κ3) is 3.52. The first-order valence-corrected chi connectivity index (χ1v) is 7.56. The zero-order valence-corrected chi connectivity index (χ0v) is 13.3. The maximum absolute atomic E-state index is 4.67. The number of nitrogens with zero attached hydrogens (tertiary/aromatic N) is 3.